The highest BCUT2D eigenvalue weighted by Gasteiger charge is 2.22. The zero-order valence-electron chi connectivity index (χ0n) is 19.7. The van der Waals surface area contributed by atoms with Crippen LogP contribution in [0.15, 0.2) is 66.7 Å². The molecule has 1 saturated carbocycles. The van der Waals surface area contributed by atoms with Gasteiger partial charge in [-0.2, -0.15) is 0 Å². The van der Waals surface area contributed by atoms with E-state index in [1.165, 1.54) is 60.8 Å². The van der Waals surface area contributed by atoms with E-state index in [-0.39, 0.29) is 5.82 Å². The van der Waals surface area contributed by atoms with Crippen LogP contribution in [0.5, 0.6) is 0 Å². The summed E-state index contributed by atoms with van der Waals surface area (Å²) in [6.07, 6.45) is 10.6. The molecule has 0 aromatic heterocycles. The first-order valence-corrected chi connectivity index (χ1v) is 12.6. The van der Waals surface area contributed by atoms with Crippen LogP contribution in [0.2, 0.25) is 0 Å². The Bertz CT molecular complexity index is 976. The van der Waals surface area contributed by atoms with Gasteiger partial charge in [0.2, 0.25) is 0 Å². The number of hydrogen-bond acceptors (Lipinski definition) is 0. The second kappa shape index (κ2) is 10.9. The summed E-state index contributed by atoms with van der Waals surface area (Å²) in [6, 6.07) is 23.4. The number of rotatable bonds is 8. The molecule has 0 heterocycles. The van der Waals surface area contributed by atoms with Gasteiger partial charge < -0.3 is 0 Å². The second-order valence-corrected chi connectivity index (χ2v) is 9.63. The molecular weight excluding hydrogens is 391 g/mol. The van der Waals surface area contributed by atoms with Crippen LogP contribution in [-0.4, -0.2) is 0 Å². The largest absolute Gasteiger partial charge is 0.206 e. The van der Waals surface area contributed by atoms with Crippen molar-refractivity contribution in [1.82, 2.24) is 0 Å². The zero-order chi connectivity index (χ0) is 22.3. The van der Waals surface area contributed by atoms with E-state index in [0.717, 1.165) is 30.7 Å². The number of hydrogen-bond donors (Lipinski definition) is 0. The van der Waals surface area contributed by atoms with Crippen molar-refractivity contribution in [2.45, 2.75) is 77.6 Å². The Balaban J connectivity index is 1.37. The normalized spacial score (nSPS) is 18.6. The molecule has 168 valence electrons. The van der Waals surface area contributed by atoms with Gasteiger partial charge in [-0.3, -0.25) is 0 Å². The highest BCUT2D eigenvalue weighted by Crippen LogP contribution is 2.38. The van der Waals surface area contributed by atoms with Crippen LogP contribution in [0.1, 0.15) is 80.5 Å². The van der Waals surface area contributed by atoms with Gasteiger partial charge >= 0.3 is 0 Å². The fraction of sp³-hybridized carbons (Fsp3) is 0.419. The van der Waals surface area contributed by atoms with E-state index in [0.29, 0.717) is 11.5 Å². The summed E-state index contributed by atoms with van der Waals surface area (Å²) in [7, 11) is 0. The fourth-order valence-electron chi connectivity index (χ4n) is 5.22. The average Bonchev–Trinajstić information content (AvgIpc) is 2.84. The summed E-state index contributed by atoms with van der Waals surface area (Å²) in [5.74, 6) is 1.31. The first kappa shape index (κ1) is 22.8. The van der Waals surface area contributed by atoms with Gasteiger partial charge in [-0.1, -0.05) is 87.4 Å². The Morgan fingerprint density at radius 2 is 1.25 bits per heavy atom. The van der Waals surface area contributed by atoms with Crippen LogP contribution < -0.4 is 0 Å². The summed E-state index contributed by atoms with van der Waals surface area (Å²) in [4.78, 5) is 0. The van der Waals surface area contributed by atoms with E-state index in [9.17, 15) is 4.39 Å². The van der Waals surface area contributed by atoms with E-state index in [4.69, 9.17) is 0 Å². The van der Waals surface area contributed by atoms with Crippen LogP contribution in [0.4, 0.5) is 4.39 Å². The molecule has 0 N–H and O–H groups in total. The van der Waals surface area contributed by atoms with E-state index in [1.807, 2.05) is 6.07 Å². The second-order valence-electron chi connectivity index (χ2n) is 9.63. The van der Waals surface area contributed by atoms with Gasteiger partial charge in [-0.05, 0) is 90.7 Å². The molecule has 0 bridgehead atoms. The first-order valence-electron chi connectivity index (χ1n) is 12.6. The Morgan fingerprint density at radius 1 is 0.688 bits per heavy atom. The lowest BCUT2D eigenvalue weighted by Crippen LogP contribution is -2.12. The van der Waals surface area contributed by atoms with Crippen molar-refractivity contribution >= 4 is 0 Å². The van der Waals surface area contributed by atoms with Crippen LogP contribution in [0.25, 0.3) is 11.1 Å². The summed E-state index contributed by atoms with van der Waals surface area (Å²) in [5.41, 5.74) is 6.97. The molecule has 0 unspecified atom stereocenters. The van der Waals surface area contributed by atoms with Crippen molar-refractivity contribution in [3.05, 3.63) is 94.8 Å². The lowest BCUT2D eigenvalue weighted by molar-refractivity contribution is 0.318. The predicted octanol–water partition coefficient (Wildman–Crippen LogP) is 8.91. The minimum Gasteiger partial charge on any atom is -0.206 e. The Morgan fingerprint density at radius 3 is 1.78 bits per heavy atom. The molecule has 1 aliphatic rings. The maximum Gasteiger partial charge on any atom is 0.131 e. The molecule has 0 saturated heterocycles. The van der Waals surface area contributed by atoms with Gasteiger partial charge in [0, 0.05) is 5.56 Å². The number of aryl methyl sites for hydroxylation is 3. The summed E-state index contributed by atoms with van der Waals surface area (Å²) >= 11 is 0. The van der Waals surface area contributed by atoms with Crippen LogP contribution >= 0.6 is 0 Å². The smallest absolute Gasteiger partial charge is 0.131 e. The average molecular weight is 429 g/mol. The van der Waals surface area contributed by atoms with E-state index >= 15 is 0 Å². The van der Waals surface area contributed by atoms with Crippen LogP contribution in [-0.2, 0) is 19.3 Å². The fourth-order valence-corrected chi connectivity index (χ4v) is 5.22. The van der Waals surface area contributed by atoms with Gasteiger partial charge in [0.15, 0.2) is 0 Å². The summed E-state index contributed by atoms with van der Waals surface area (Å²) in [5, 5.41) is 0. The highest BCUT2D eigenvalue weighted by molar-refractivity contribution is 5.65. The monoisotopic (exact) mass is 428 g/mol. The van der Waals surface area contributed by atoms with Crippen molar-refractivity contribution < 1.29 is 4.39 Å². The molecule has 0 atom stereocenters. The number of halogens is 1. The third-order valence-electron chi connectivity index (χ3n) is 7.42. The third kappa shape index (κ3) is 5.68. The van der Waals surface area contributed by atoms with Gasteiger partial charge in [-0.25, -0.2) is 4.39 Å². The molecule has 0 spiro atoms. The maximum absolute atomic E-state index is 15.0. The molecule has 1 heteroatoms. The van der Waals surface area contributed by atoms with Gasteiger partial charge in [0.25, 0.3) is 0 Å². The molecule has 0 amide bonds. The van der Waals surface area contributed by atoms with Gasteiger partial charge in [0.1, 0.15) is 5.82 Å². The molecule has 3 aromatic rings. The molecule has 1 aliphatic carbocycles. The molecular formula is C31H37F. The maximum atomic E-state index is 15.0. The number of benzene rings is 3. The van der Waals surface area contributed by atoms with Gasteiger partial charge in [-0.15, -0.1) is 0 Å². The molecule has 3 aromatic carbocycles. The van der Waals surface area contributed by atoms with E-state index in [1.54, 1.807) is 6.07 Å². The predicted molar refractivity (Wildman–Crippen MR) is 135 cm³/mol. The summed E-state index contributed by atoms with van der Waals surface area (Å²) < 4.78 is 15.0. The minimum atomic E-state index is -0.0833. The van der Waals surface area contributed by atoms with Crippen molar-refractivity contribution in [2.24, 2.45) is 5.92 Å². The standard InChI is InChI=1S/C31H37F/c1-3-5-24-6-8-25(9-7-24)10-11-26-14-18-28(19-15-26)30-21-20-29(22-31(30)32)27-16-12-23(4-2)13-17-27/h6-9,14-15,18-23,27H,3-5,10-13,16-17H2,1-2H3/t23-,27-. The summed E-state index contributed by atoms with van der Waals surface area (Å²) in [6.45, 7) is 4.51. The minimum absolute atomic E-state index is 0.0833. The van der Waals surface area contributed by atoms with Crippen LogP contribution in [0, 0.1) is 11.7 Å². The SMILES string of the molecule is CCCc1ccc(CCc2ccc(-c3ccc([C@H]4CC[C@H](CC)CC4)cc3F)cc2)cc1. The van der Waals surface area contributed by atoms with Crippen molar-refractivity contribution in [3.63, 3.8) is 0 Å². The lowest BCUT2D eigenvalue weighted by Gasteiger charge is -2.28. The molecule has 0 radical (unpaired) electrons. The lowest BCUT2D eigenvalue weighted by atomic mass is 9.77. The molecule has 1 fully saturated rings. The quantitative estimate of drug-likeness (QED) is 0.336. The highest BCUT2D eigenvalue weighted by atomic mass is 19.1. The Kier molecular flexibility index (Phi) is 7.79. The molecule has 0 nitrogen and oxygen atoms in total. The Labute approximate surface area is 193 Å². The van der Waals surface area contributed by atoms with Crippen molar-refractivity contribution in [3.8, 4) is 11.1 Å². The van der Waals surface area contributed by atoms with Crippen LogP contribution in [0.3, 0.4) is 0 Å². The van der Waals surface area contributed by atoms with E-state index in [2.05, 4.69) is 68.4 Å². The van der Waals surface area contributed by atoms with Gasteiger partial charge in [0.05, 0.1) is 0 Å². The van der Waals surface area contributed by atoms with Crippen molar-refractivity contribution in [1.29, 1.82) is 0 Å². The van der Waals surface area contributed by atoms with Crippen molar-refractivity contribution in [2.75, 3.05) is 0 Å². The molecule has 0 aliphatic heterocycles. The topological polar surface area (TPSA) is 0 Å². The molecule has 4 rings (SSSR count). The van der Waals surface area contributed by atoms with E-state index < -0.39 is 0 Å². The Hall–Kier alpha value is -2.41. The first-order chi connectivity index (χ1) is 15.7. The molecule has 32 heavy (non-hydrogen) atoms. The third-order valence-corrected chi connectivity index (χ3v) is 7.42. The zero-order valence-corrected chi connectivity index (χ0v) is 19.7.